The summed E-state index contributed by atoms with van der Waals surface area (Å²) in [6.07, 6.45) is 1.95. The van der Waals surface area contributed by atoms with Gasteiger partial charge in [-0.15, -0.1) is 0 Å². The van der Waals surface area contributed by atoms with Crippen LogP contribution in [0.4, 0.5) is 5.82 Å². The van der Waals surface area contributed by atoms with E-state index in [1.807, 2.05) is 6.07 Å². The minimum atomic E-state index is -0.846. The Bertz CT molecular complexity index is 470. The van der Waals surface area contributed by atoms with Crippen LogP contribution in [0.1, 0.15) is 39.3 Å². The van der Waals surface area contributed by atoms with Crippen LogP contribution < -0.4 is 11.1 Å². The number of ether oxygens (including phenoxy) is 1. The molecule has 1 aliphatic rings. The molecular formula is C14H24N4O2. The highest BCUT2D eigenvalue weighted by molar-refractivity contribution is 5.97. The lowest BCUT2D eigenvalue weighted by Gasteiger charge is -2.31. The molecule has 1 fully saturated rings. The van der Waals surface area contributed by atoms with Crippen molar-refractivity contribution < 1.29 is 9.53 Å². The van der Waals surface area contributed by atoms with Gasteiger partial charge in [-0.05, 0) is 24.7 Å². The standard InChI is InChI=1S/C14H24N4O2/c1-13(2,3)9-10-8-11(18-17-10)16-12(19)14(15)4-6-20-7-5-14/h8H,4-7,9,15H2,1-3H3,(H2,16,17,18,19). The Morgan fingerprint density at radius 1 is 1.50 bits per heavy atom. The molecule has 1 amide bonds. The van der Waals surface area contributed by atoms with Gasteiger partial charge in [0.1, 0.15) is 5.54 Å². The molecule has 6 heteroatoms. The predicted octanol–water partition coefficient (Wildman–Crippen LogP) is 1.44. The maximum absolute atomic E-state index is 12.2. The molecule has 6 nitrogen and oxygen atoms in total. The Hall–Kier alpha value is -1.40. The van der Waals surface area contributed by atoms with Gasteiger partial charge in [-0.3, -0.25) is 9.89 Å². The first-order valence-corrected chi connectivity index (χ1v) is 7.01. The summed E-state index contributed by atoms with van der Waals surface area (Å²) in [4.78, 5) is 12.2. The van der Waals surface area contributed by atoms with Crippen LogP contribution in [0.2, 0.25) is 0 Å². The molecule has 2 heterocycles. The van der Waals surface area contributed by atoms with Gasteiger partial charge in [-0.25, -0.2) is 0 Å². The Labute approximate surface area is 119 Å². The normalized spacial score (nSPS) is 18.8. The lowest BCUT2D eigenvalue weighted by atomic mass is 9.90. The van der Waals surface area contributed by atoms with E-state index in [-0.39, 0.29) is 11.3 Å². The minimum absolute atomic E-state index is 0.170. The SMILES string of the molecule is CC(C)(C)Cc1cc(NC(=O)C2(N)CCOCC2)n[nH]1. The van der Waals surface area contributed by atoms with Crippen LogP contribution in [0.5, 0.6) is 0 Å². The van der Waals surface area contributed by atoms with Gasteiger partial charge < -0.3 is 15.8 Å². The van der Waals surface area contributed by atoms with E-state index in [9.17, 15) is 4.79 Å². The van der Waals surface area contributed by atoms with Gasteiger partial charge in [0.05, 0.1) is 0 Å². The van der Waals surface area contributed by atoms with Gasteiger partial charge in [0.2, 0.25) is 5.91 Å². The lowest BCUT2D eigenvalue weighted by molar-refractivity contribution is -0.124. The summed E-state index contributed by atoms with van der Waals surface area (Å²) in [6.45, 7) is 7.52. The molecule has 0 atom stereocenters. The summed E-state index contributed by atoms with van der Waals surface area (Å²) < 4.78 is 5.24. The van der Waals surface area contributed by atoms with Crippen molar-refractivity contribution in [1.29, 1.82) is 0 Å². The Kier molecular flexibility index (Phi) is 4.15. The van der Waals surface area contributed by atoms with Crippen molar-refractivity contribution in [2.24, 2.45) is 11.1 Å². The molecule has 0 aromatic carbocycles. The molecule has 1 aromatic heterocycles. The molecule has 1 aliphatic heterocycles. The highest BCUT2D eigenvalue weighted by atomic mass is 16.5. The van der Waals surface area contributed by atoms with Gasteiger partial charge in [-0.2, -0.15) is 5.10 Å². The number of carbonyl (C=O) groups excluding carboxylic acids is 1. The van der Waals surface area contributed by atoms with Gasteiger partial charge >= 0.3 is 0 Å². The third-order valence-corrected chi connectivity index (χ3v) is 3.43. The molecule has 2 rings (SSSR count). The second-order valence-corrected chi connectivity index (χ2v) is 6.74. The van der Waals surface area contributed by atoms with E-state index >= 15 is 0 Å². The van der Waals surface area contributed by atoms with E-state index in [1.165, 1.54) is 0 Å². The quantitative estimate of drug-likeness (QED) is 0.781. The van der Waals surface area contributed by atoms with Crippen molar-refractivity contribution in [2.45, 2.75) is 45.6 Å². The van der Waals surface area contributed by atoms with Crippen molar-refractivity contribution in [1.82, 2.24) is 10.2 Å². The molecule has 0 spiro atoms. The number of nitrogens with one attached hydrogen (secondary N) is 2. The predicted molar refractivity (Wildman–Crippen MR) is 77.3 cm³/mol. The molecule has 0 saturated carbocycles. The number of aromatic nitrogens is 2. The number of anilines is 1. The smallest absolute Gasteiger partial charge is 0.245 e. The van der Waals surface area contributed by atoms with Crippen LogP contribution in [0.3, 0.4) is 0 Å². The first-order chi connectivity index (χ1) is 9.28. The maximum atomic E-state index is 12.2. The summed E-state index contributed by atoms with van der Waals surface area (Å²) >= 11 is 0. The number of nitrogens with two attached hydrogens (primary N) is 1. The molecule has 112 valence electrons. The minimum Gasteiger partial charge on any atom is -0.381 e. The van der Waals surface area contributed by atoms with Gasteiger partial charge in [0.25, 0.3) is 0 Å². The van der Waals surface area contributed by atoms with Crippen molar-refractivity contribution in [3.63, 3.8) is 0 Å². The van der Waals surface area contributed by atoms with Crippen LogP contribution >= 0.6 is 0 Å². The first kappa shape index (κ1) is 15.0. The Morgan fingerprint density at radius 3 is 2.75 bits per heavy atom. The monoisotopic (exact) mass is 280 g/mol. The van der Waals surface area contributed by atoms with Crippen molar-refractivity contribution in [2.75, 3.05) is 18.5 Å². The van der Waals surface area contributed by atoms with Gasteiger partial charge in [0, 0.05) is 25.0 Å². The van der Waals surface area contributed by atoms with E-state index in [0.29, 0.717) is 31.9 Å². The fraction of sp³-hybridized carbons (Fsp3) is 0.714. The highest BCUT2D eigenvalue weighted by Crippen LogP contribution is 2.22. The zero-order valence-electron chi connectivity index (χ0n) is 12.5. The number of carbonyl (C=O) groups is 1. The molecule has 4 N–H and O–H groups in total. The zero-order valence-corrected chi connectivity index (χ0v) is 12.5. The van der Waals surface area contributed by atoms with Crippen LogP contribution in [-0.4, -0.2) is 34.9 Å². The second kappa shape index (κ2) is 5.54. The summed E-state index contributed by atoms with van der Waals surface area (Å²) in [5.74, 6) is 0.347. The molecule has 1 saturated heterocycles. The fourth-order valence-corrected chi connectivity index (χ4v) is 2.29. The molecular weight excluding hydrogens is 256 g/mol. The molecule has 0 unspecified atom stereocenters. The largest absolute Gasteiger partial charge is 0.381 e. The summed E-state index contributed by atoms with van der Waals surface area (Å²) in [6, 6.07) is 1.87. The third kappa shape index (κ3) is 3.80. The molecule has 0 aliphatic carbocycles. The number of aromatic amines is 1. The molecule has 1 aromatic rings. The lowest BCUT2D eigenvalue weighted by Crippen LogP contribution is -2.54. The average Bonchev–Trinajstić information content (AvgIpc) is 2.75. The Balaban J connectivity index is 1.98. The molecule has 0 radical (unpaired) electrons. The zero-order chi connectivity index (χ0) is 14.8. The van der Waals surface area contributed by atoms with E-state index in [1.54, 1.807) is 0 Å². The number of nitrogens with zero attached hydrogens (tertiary/aromatic N) is 1. The maximum Gasteiger partial charge on any atom is 0.245 e. The van der Waals surface area contributed by atoms with Crippen LogP contribution in [0, 0.1) is 5.41 Å². The molecule has 20 heavy (non-hydrogen) atoms. The Morgan fingerprint density at radius 2 is 2.15 bits per heavy atom. The van der Waals surface area contributed by atoms with E-state index < -0.39 is 5.54 Å². The third-order valence-electron chi connectivity index (χ3n) is 3.43. The number of rotatable bonds is 3. The van der Waals surface area contributed by atoms with E-state index in [2.05, 4.69) is 36.3 Å². The van der Waals surface area contributed by atoms with Crippen molar-refractivity contribution in [3.8, 4) is 0 Å². The van der Waals surface area contributed by atoms with E-state index in [0.717, 1.165) is 12.1 Å². The van der Waals surface area contributed by atoms with Crippen LogP contribution in [0.25, 0.3) is 0 Å². The van der Waals surface area contributed by atoms with Crippen molar-refractivity contribution in [3.05, 3.63) is 11.8 Å². The fourth-order valence-electron chi connectivity index (χ4n) is 2.29. The second-order valence-electron chi connectivity index (χ2n) is 6.74. The molecule has 0 bridgehead atoms. The van der Waals surface area contributed by atoms with Gasteiger partial charge in [-0.1, -0.05) is 20.8 Å². The first-order valence-electron chi connectivity index (χ1n) is 7.01. The van der Waals surface area contributed by atoms with Crippen LogP contribution in [-0.2, 0) is 16.0 Å². The number of amides is 1. The van der Waals surface area contributed by atoms with Gasteiger partial charge in [0.15, 0.2) is 5.82 Å². The summed E-state index contributed by atoms with van der Waals surface area (Å²) in [5, 5.41) is 9.87. The average molecular weight is 280 g/mol. The number of hydrogen-bond donors (Lipinski definition) is 3. The van der Waals surface area contributed by atoms with Crippen LogP contribution in [0.15, 0.2) is 6.07 Å². The highest BCUT2D eigenvalue weighted by Gasteiger charge is 2.36. The number of H-pyrrole nitrogens is 1. The summed E-state index contributed by atoms with van der Waals surface area (Å²) in [5.41, 5.74) is 6.46. The topological polar surface area (TPSA) is 93.0 Å². The van der Waals surface area contributed by atoms with E-state index in [4.69, 9.17) is 10.5 Å². The number of hydrogen-bond acceptors (Lipinski definition) is 4. The summed E-state index contributed by atoms with van der Waals surface area (Å²) in [7, 11) is 0. The van der Waals surface area contributed by atoms with Crippen molar-refractivity contribution >= 4 is 11.7 Å².